The Labute approximate surface area is 198 Å². The number of halogens is 2. The molecular formula is C24H25Cl2N5O. The quantitative estimate of drug-likeness (QED) is 0.531. The Morgan fingerprint density at radius 1 is 0.844 bits per heavy atom. The van der Waals surface area contributed by atoms with E-state index in [1.54, 1.807) is 23.1 Å². The summed E-state index contributed by atoms with van der Waals surface area (Å²) in [6.45, 7) is 8.87. The average Bonchev–Trinajstić information content (AvgIpc) is 2.79. The second-order valence-electron chi connectivity index (χ2n) is 8.06. The number of hydrogen-bond donors (Lipinski definition) is 1. The molecule has 8 heteroatoms. The summed E-state index contributed by atoms with van der Waals surface area (Å²) in [5, 5.41) is 12.7. The second-order valence-corrected chi connectivity index (χ2v) is 8.88. The van der Waals surface area contributed by atoms with Crippen LogP contribution in [0.4, 0.5) is 16.3 Å². The van der Waals surface area contributed by atoms with Crippen LogP contribution in [-0.4, -0.2) is 47.3 Å². The molecule has 0 spiro atoms. The first-order valence-corrected chi connectivity index (χ1v) is 11.3. The molecule has 0 atom stereocenters. The molecular weight excluding hydrogens is 445 g/mol. The maximum atomic E-state index is 12.6. The summed E-state index contributed by atoms with van der Waals surface area (Å²) < 4.78 is 0. The summed E-state index contributed by atoms with van der Waals surface area (Å²) in [5.74, 6) is 0.819. The molecule has 1 aromatic heterocycles. The fourth-order valence-corrected chi connectivity index (χ4v) is 4.09. The minimum atomic E-state index is -0.158. The van der Waals surface area contributed by atoms with Crippen LogP contribution in [0, 0.1) is 20.8 Å². The van der Waals surface area contributed by atoms with Crippen molar-refractivity contribution in [3.63, 3.8) is 0 Å². The first-order valence-electron chi connectivity index (χ1n) is 10.5. The highest BCUT2D eigenvalue weighted by Gasteiger charge is 2.22. The van der Waals surface area contributed by atoms with Crippen LogP contribution in [-0.2, 0) is 0 Å². The number of rotatable bonds is 3. The highest BCUT2D eigenvalue weighted by atomic mass is 35.5. The molecule has 0 bridgehead atoms. The molecule has 166 valence electrons. The molecule has 2 heterocycles. The summed E-state index contributed by atoms with van der Waals surface area (Å²) in [7, 11) is 0. The van der Waals surface area contributed by atoms with Crippen LogP contribution < -0.4 is 10.2 Å². The van der Waals surface area contributed by atoms with Gasteiger partial charge in [-0.2, -0.15) is 0 Å². The standard InChI is InChI=1S/C24H25Cl2N5O/c1-15-12-17(3)19(13-16(15)2)22-6-7-23(29-28-22)30-8-10-31(11-9-30)24(32)27-18-4-5-20(25)21(26)14-18/h4-7,12-14H,8-11H2,1-3H3,(H,27,32). The van der Waals surface area contributed by atoms with Gasteiger partial charge in [0.15, 0.2) is 5.82 Å². The fraction of sp³-hybridized carbons (Fsp3) is 0.292. The molecule has 0 saturated carbocycles. The summed E-state index contributed by atoms with van der Waals surface area (Å²) >= 11 is 12.0. The van der Waals surface area contributed by atoms with Crippen molar-refractivity contribution in [2.75, 3.05) is 36.4 Å². The van der Waals surface area contributed by atoms with Crippen molar-refractivity contribution in [2.45, 2.75) is 20.8 Å². The Bertz CT molecular complexity index is 1140. The molecule has 1 N–H and O–H groups in total. The topological polar surface area (TPSA) is 61.4 Å². The monoisotopic (exact) mass is 469 g/mol. The zero-order valence-electron chi connectivity index (χ0n) is 18.3. The summed E-state index contributed by atoms with van der Waals surface area (Å²) in [4.78, 5) is 16.5. The van der Waals surface area contributed by atoms with Gasteiger partial charge in [0.2, 0.25) is 0 Å². The number of urea groups is 1. The fourth-order valence-electron chi connectivity index (χ4n) is 3.79. The molecule has 1 saturated heterocycles. The first kappa shape index (κ1) is 22.4. The number of aryl methyl sites for hydroxylation is 3. The van der Waals surface area contributed by atoms with E-state index in [0.717, 1.165) is 17.1 Å². The van der Waals surface area contributed by atoms with Gasteiger partial charge in [-0.05, 0) is 73.9 Å². The van der Waals surface area contributed by atoms with Gasteiger partial charge in [-0.3, -0.25) is 0 Å². The number of anilines is 2. The van der Waals surface area contributed by atoms with E-state index >= 15 is 0 Å². The highest BCUT2D eigenvalue weighted by molar-refractivity contribution is 6.42. The van der Waals surface area contributed by atoms with Crippen LogP contribution in [0.1, 0.15) is 16.7 Å². The SMILES string of the molecule is Cc1cc(C)c(-c2ccc(N3CCN(C(=O)Nc4ccc(Cl)c(Cl)c4)CC3)nn2)cc1C. The number of piperazine rings is 1. The van der Waals surface area contributed by atoms with Crippen LogP contribution in [0.3, 0.4) is 0 Å². The highest BCUT2D eigenvalue weighted by Crippen LogP contribution is 2.27. The minimum Gasteiger partial charge on any atom is -0.352 e. The Morgan fingerprint density at radius 2 is 1.56 bits per heavy atom. The van der Waals surface area contributed by atoms with E-state index in [0.29, 0.717) is 41.9 Å². The molecule has 1 aliphatic rings. The molecule has 0 aliphatic carbocycles. The summed E-state index contributed by atoms with van der Waals surface area (Å²) in [5.41, 5.74) is 6.31. The van der Waals surface area contributed by atoms with E-state index in [-0.39, 0.29) is 6.03 Å². The zero-order valence-corrected chi connectivity index (χ0v) is 19.8. The number of benzene rings is 2. The minimum absolute atomic E-state index is 0.158. The average molecular weight is 470 g/mol. The lowest BCUT2D eigenvalue weighted by Crippen LogP contribution is -2.50. The van der Waals surface area contributed by atoms with Crippen molar-refractivity contribution in [2.24, 2.45) is 0 Å². The number of nitrogens with zero attached hydrogens (tertiary/aromatic N) is 4. The van der Waals surface area contributed by atoms with Gasteiger partial charge in [0.1, 0.15) is 0 Å². The van der Waals surface area contributed by atoms with Crippen molar-refractivity contribution < 1.29 is 4.79 Å². The number of amides is 2. The van der Waals surface area contributed by atoms with Crippen LogP contribution in [0.15, 0.2) is 42.5 Å². The maximum Gasteiger partial charge on any atom is 0.321 e. The molecule has 2 aromatic carbocycles. The predicted molar refractivity (Wildman–Crippen MR) is 131 cm³/mol. The van der Waals surface area contributed by atoms with Crippen LogP contribution in [0.25, 0.3) is 11.3 Å². The number of hydrogen-bond acceptors (Lipinski definition) is 4. The second kappa shape index (κ2) is 9.35. The Balaban J connectivity index is 1.37. The van der Waals surface area contributed by atoms with E-state index in [1.807, 2.05) is 12.1 Å². The van der Waals surface area contributed by atoms with Gasteiger partial charge in [0.25, 0.3) is 0 Å². The lowest BCUT2D eigenvalue weighted by atomic mass is 9.99. The molecule has 2 amide bonds. The van der Waals surface area contributed by atoms with Crippen molar-refractivity contribution in [3.8, 4) is 11.3 Å². The Morgan fingerprint density at radius 3 is 2.22 bits per heavy atom. The van der Waals surface area contributed by atoms with Crippen LogP contribution in [0.2, 0.25) is 10.0 Å². The molecule has 6 nitrogen and oxygen atoms in total. The number of nitrogens with one attached hydrogen (secondary N) is 1. The predicted octanol–water partition coefficient (Wildman–Crippen LogP) is 5.73. The smallest absolute Gasteiger partial charge is 0.321 e. The van der Waals surface area contributed by atoms with E-state index in [1.165, 1.54) is 16.7 Å². The Kier molecular flexibility index (Phi) is 6.53. The summed E-state index contributed by atoms with van der Waals surface area (Å²) in [6, 6.07) is 13.3. The molecule has 4 rings (SSSR count). The van der Waals surface area contributed by atoms with E-state index in [4.69, 9.17) is 23.2 Å². The van der Waals surface area contributed by atoms with Crippen LogP contribution in [0.5, 0.6) is 0 Å². The molecule has 32 heavy (non-hydrogen) atoms. The third kappa shape index (κ3) is 4.81. The lowest BCUT2D eigenvalue weighted by molar-refractivity contribution is 0.208. The summed E-state index contributed by atoms with van der Waals surface area (Å²) in [6.07, 6.45) is 0. The molecule has 1 fully saturated rings. The lowest BCUT2D eigenvalue weighted by Gasteiger charge is -2.35. The van der Waals surface area contributed by atoms with Gasteiger partial charge in [0.05, 0.1) is 15.7 Å². The van der Waals surface area contributed by atoms with Crippen molar-refractivity contribution >= 4 is 40.7 Å². The third-order valence-corrected chi connectivity index (χ3v) is 6.57. The molecule has 0 radical (unpaired) electrons. The van der Waals surface area contributed by atoms with Crippen molar-refractivity contribution in [1.82, 2.24) is 15.1 Å². The zero-order chi connectivity index (χ0) is 22.8. The van der Waals surface area contributed by atoms with Crippen molar-refractivity contribution in [3.05, 3.63) is 69.2 Å². The van der Waals surface area contributed by atoms with Gasteiger partial charge in [-0.15, -0.1) is 10.2 Å². The number of aromatic nitrogens is 2. The molecule has 0 unspecified atom stereocenters. The number of carbonyl (C=O) groups is 1. The van der Waals surface area contributed by atoms with E-state index < -0.39 is 0 Å². The van der Waals surface area contributed by atoms with Crippen LogP contribution >= 0.6 is 23.2 Å². The van der Waals surface area contributed by atoms with Crippen molar-refractivity contribution in [1.29, 1.82) is 0 Å². The third-order valence-electron chi connectivity index (χ3n) is 5.83. The van der Waals surface area contributed by atoms with E-state index in [2.05, 4.69) is 53.3 Å². The van der Waals surface area contributed by atoms with Gasteiger partial charge >= 0.3 is 6.03 Å². The molecule has 3 aromatic rings. The Hall–Kier alpha value is -2.83. The van der Waals surface area contributed by atoms with Gasteiger partial charge in [0, 0.05) is 37.4 Å². The van der Waals surface area contributed by atoms with E-state index in [9.17, 15) is 4.79 Å². The largest absolute Gasteiger partial charge is 0.352 e. The maximum absolute atomic E-state index is 12.6. The number of carbonyl (C=O) groups excluding carboxylic acids is 1. The van der Waals surface area contributed by atoms with Gasteiger partial charge in [-0.1, -0.05) is 29.3 Å². The van der Waals surface area contributed by atoms with Gasteiger partial charge in [-0.25, -0.2) is 4.79 Å². The molecule has 1 aliphatic heterocycles. The van der Waals surface area contributed by atoms with Gasteiger partial charge < -0.3 is 15.1 Å². The normalized spacial score (nSPS) is 13.9. The first-order chi connectivity index (χ1) is 15.3.